The van der Waals surface area contributed by atoms with E-state index in [1.165, 1.54) is 31.2 Å². The number of nitrogens with one attached hydrogen (secondary N) is 1. The van der Waals surface area contributed by atoms with Crippen LogP contribution in [0.5, 0.6) is 0 Å². The first-order valence-electron chi connectivity index (χ1n) is 11.7. The summed E-state index contributed by atoms with van der Waals surface area (Å²) in [6.45, 7) is 5.49. The lowest BCUT2D eigenvalue weighted by Gasteiger charge is -2.26. The minimum atomic E-state index is -0.106. The predicted octanol–water partition coefficient (Wildman–Crippen LogP) is 7.71. The molecule has 0 radical (unpaired) electrons. The van der Waals surface area contributed by atoms with Gasteiger partial charge in [0.15, 0.2) is 0 Å². The topological polar surface area (TPSA) is 12.0 Å². The van der Waals surface area contributed by atoms with Crippen molar-refractivity contribution in [2.45, 2.75) is 64.2 Å². The Balaban J connectivity index is 1.43. The monoisotopic (exact) mass is 403 g/mol. The molecule has 158 valence electrons. The van der Waals surface area contributed by atoms with Gasteiger partial charge in [0.05, 0.1) is 0 Å². The second kappa shape index (κ2) is 9.64. The fraction of sp³-hybridized carbons (Fsp3) is 0.429. The average molecular weight is 404 g/mol. The zero-order valence-corrected chi connectivity index (χ0v) is 18.3. The van der Waals surface area contributed by atoms with Crippen molar-refractivity contribution in [1.29, 1.82) is 0 Å². The van der Waals surface area contributed by atoms with Gasteiger partial charge in [0.25, 0.3) is 0 Å². The Morgan fingerprint density at radius 1 is 0.967 bits per heavy atom. The van der Waals surface area contributed by atoms with Crippen LogP contribution in [0.25, 0.3) is 11.1 Å². The molecule has 30 heavy (non-hydrogen) atoms. The zero-order chi connectivity index (χ0) is 20.9. The van der Waals surface area contributed by atoms with Crippen LogP contribution in [-0.4, -0.2) is 6.54 Å². The smallest absolute Gasteiger partial charge is 0.127 e. The van der Waals surface area contributed by atoms with E-state index >= 15 is 0 Å². The normalized spacial score (nSPS) is 23.8. The maximum absolute atomic E-state index is 15.0. The molecule has 2 heteroatoms. The van der Waals surface area contributed by atoms with E-state index in [4.69, 9.17) is 0 Å². The molecule has 1 unspecified atom stereocenters. The van der Waals surface area contributed by atoms with E-state index in [1.807, 2.05) is 6.07 Å². The Bertz CT molecular complexity index is 901. The van der Waals surface area contributed by atoms with E-state index < -0.39 is 0 Å². The molecule has 2 aliphatic carbocycles. The lowest BCUT2D eigenvalue weighted by molar-refractivity contribution is 0.348. The third kappa shape index (κ3) is 4.86. The summed E-state index contributed by atoms with van der Waals surface area (Å²) in [6, 6.07) is 14.6. The van der Waals surface area contributed by atoms with Gasteiger partial charge in [0.2, 0.25) is 0 Å². The van der Waals surface area contributed by atoms with Gasteiger partial charge < -0.3 is 5.32 Å². The average Bonchev–Trinajstić information content (AvgIpc) is 2.79. The Morgan fingerprint density at radius 3 is 2.33 bits per heavy atom. The second-order valence-electron chi connectivity index (χ2n) is 9.10. The number of allylic oxidation sites excluding steroid dienone is 3. The summed E-state index contributed by atoms with van der Waals surface area (Å²) in [5.74, 6) is 1.57. The van der Waals surface area contributed by atoms with Gasteiger partial charge in [0.1, 0.15) is 5.82 Å². The first-order valence-corrected chi connectivity index (χ1v) is 11.7. The molecule has 0 bridgehead atoms. The summed E-state index contributed by atoms with van der Waals surface area (Å²) >= 11 is 0. The lowest BCUT2D eigenvalue weighted by atomic mass is 9.79. The van der Waals surface area contributed by atoms with Crippen LogP contribution in [-0.2, 0) is 0 Å². The van der Waals surface area contributed by atoms with Crippen LogP contribution in [0.15, 0.2) is 66.4 Å². The Labute approximate surface area is 181 Å². The fourth-order valence-corrected chi connectivity index (χ4v) is 4.80. The molecule has 1 nitrogen and oxygen atoms in total. The third-order valence-electron chi connectivity index (χ3n) is 6.81. The highest BCUT2D eigenvalue weighted by atomic mass is 19.1. The molecule has 4 rings (SSSR count). The highest BCUT2D eigenvalue weighted by Gasteiger charge is 2.20. The zero-order valence-electron chi connectivity index (χ0n) is 18.3. The molecular weight excluding hydrogens is 369 g/mol. The SMILES string of the molecule is CCCNC1=CCC(c2ccc(-c3ccc(C4CCC(C)CC4)cc3)cc2F)C=C1. The molecule has 0 aromatic heterocycles. The lowest BCUT2D eigenvalue weighted by Crippen LogP contribution is -2.15. The third-order valence-corrected chi connectivity index (χ3v) is 6.81. The van der Waals surface area contributed by atoms with Crippen LogP contribution in [0.1, 0.15) is 75.3 Å². The quantitative estimate of drug-likeness (QED) is 0.521. The van der Waals surface area contributed by atoms with Crippen molar-refractivity contribution in [3.63, 3.8) is 0 Å². The Kier molecular flexibility index (Phi) is 6.72. The van der Waals surface area contributed by atoms with Gasteiger partial charge in [-0.1, -0.05) is 75.2 Å². The maximum atomic E-state index is 15.0. The van der Waals surface area contributed by atoms with Crippen LogP contribution >= 0.6 is 0 Å². The molecule has 1 atom stereocenters. The fourth-order valence-electron chi connectivity index (χ4n) is 4.80. The van der Waals surface area contributed by atoms with Gasteiger partial charge in [-0.2, -0.15) is 0 Å². The molecule has 1 N–H and O–H groups in total. The van der Waals surface area contributed by atoms with Crippen LogP contribution in [0, 0.1) is 11.7 Å². The molecule has 0 aliphatic heterocycles. The van der Waals surface area contributed by atoms with Gasteiger partial charge in [-0.3, -0.25) is 0 Å². The number of hydrogen-bond acceptors (Lipinski definition) is 1. The summed E-state index contributed by atoms with van der Waals surface area (Å²) in [5, 5.41) is 3.40. The van der Waals surface area contributed by atoms with Crippen molar-refractivity contribution in [1.82, 2.24) is 5.32 Å². The Hall–Kier alpha value is -2.35. The largest absolute Gasteiger partial charge is 0.385 e. The summed E-state index contributed by atoms with van der Waals surface area (Å²) in [7, 11) is 0. The van der Waals surface area contributed by atoms with Crippen molar-refractivity contribution in [3.05, 3.63) is 83.3 Å². The van der Waals surface area contributed by atoms with E-state index in [1.54, 1.807) is 6.07 Å². The van der Waals surface area contributed by atoms with E-state index in [0.29, 0.717) is 5.92 Å². The molecule has 0 amide bonds. The van der Waals surface area contributed by atoms with E-state index in [-0.39, 0.29) is 11.7 Å². The molecule has 1 fully saturated rings. The molecule has 0 saturated heterocycles. The van der Waals surface area contributed by atoms with Crippen molar-refractivity contribution in [2.75, 3.05) is 6.54 Å². The highest BCUT2D eigenvalue weighted by molar-refractivity contribution is 5.64. The molecule has 2 aromatic rings. The molecule has 1 saturated carbocycles. The molecule has 2 aliphatic rings. The van der Waals surface area contributed by atoms with Crippen LogP contribution in [0.4, 0.5) is 4.39 Å². The number of benzene rings is 2. The van der Waals surface area contributed by atoms with E-state index in [9.17, 15) is 4.39 Å². The minimum absolute atomic E-state index is 0.106. The first-order chi connectivity index (χ1) is 14.6. The van der Waals surface area contributed by atoms with Crippen LogP contribution < -0.4 is 5.32 Å². The summed E-state index contributed by atoms with van der Waals surface area (Å²) in [5.41, 5.74) is 5.43. The maximum Gasteiger partial charge on any atom is 0.127 e. The minimum Gasteiger partial charge on any atom is -0.385 e. The van der Waals surface area contributed by atoms with Gasteiger partial charge >= 0.3 is 0 Å². The summed E-state index contributed by atoms with van der Waals surface area (Å²) in [4.78, 5) is 0. The summed E-state index contributed by atoms with van der Waals surface area (Å²) in [6.07, 6.45) is 13.6. The van der Waals surface area contributed by atoms with E-state index in [2.05, 4.69) is 67.7 Å². The van der Waals surface area contributed by atoms with Gasteiger partial charge in [-0.05, 0) is 71.9 Å². The molecule has 2 aromatic carbocycles. The van der Waals surface area contributed by atoms with Crippen molar-refractivity contribution >= 4 is 0 Å². The van der Waals surface area contributed by atoms with E-state index in [0.717, 1.165) is 47.7 Å². The number of rotatable bonds is 6. The van der Waals surface area contributed by atoms with Crippen molar-refractivity contribution in [2.24, 2.45) is 5.92 Å². The summed E-state index contributed by atoms with van der Waals surface area (Å²) < 4.78 is 15.0. The van der Waals surface area contributed by atoms with Crippen molar-refractivity contribution < 1.29 is 4.39 Å². The van der Waals surface area contributed by atoms with Gasteiger partial charge in [-0.25, -0.2) is 4.39 Å². The molecule has 0 heterocycles. The number of halogens is 1. The molecular formula is C28H34FN. The first kappa shape index (κ1) is 20.9. The second-order valence-corrected chi connectivity index (χ2v) is 9.10. The Morgan fingerprint density at radius 2 is 1.70 bits per heavy atom. The van der Waals surface area contributed by atoms with Gasteiger partial charge in [0, 0.05) is 18.2 Å². The highest BCUT2D eigenvalue weighted by Crippen LogP contribution is 2.36. The van der Waals surface area contributed by atoms with Gasteiger partial charge in [-0.15, -0.1) is 0 Å². The van der Waals surface area contributed by atoms with Crippen LogP contribution in [0.2, 0.25) is 0 Å². The van der Waals surface area contributed by atoms with Crippen LogP contribution in [0.3, 0.4) is 0 Å². The predicted molar refractivity (Wildman–Crippen MR) is 125 cm³/mol. The molecule has 0 spiro atoms. The van der Waals surface area contributed by atoms with Crippen molar-refractivity contribution in [3.8, 4) is 11.1 Å². The number of hydrogen-bond donors (Lipinski definition) is 1. The standard InChI is InChI=1S/C28H34FN/c1-3-18-30-26-15-12-24(13-16-26)27-17-14-25(19-28(27)29)23-10-8-22(9-11-23)21-6-4-20(2)5-7-21/h8-12,14-17,19-21,24,30H,3-7,13,18H2,1-2H3.